The summed E-state index contributed by atoms with van der Waals surface area (Å²) in [5.74, 6) is -0.533. The number of halogens is 1. The number of anilines is 1. The van der Waals surface area contributed by atoms with Gasteiger partial charge in [0.15, 0.2) is 36.1 Å². The number of hydrogen-bond donors (Lipinski definition) is 7. The molecule has 246 valence electrons. The highest BCUT2D eigenvalue weighted by Gasteiger charge is 2.57. The van der Waals surface area contributed by atoms with Gasteiger partial charge in [0.25, 0.3) is 5.91 Å². The van der Waals surface area contributed by atoms with Crippen molar-refractivity contribution in [2.75, 3.05) is 18.9 Å². The lowest BCUT2D eigenvalue weighted by Crippen LogP contribution is -2.70. The van der Waals surface area contributed by atoms with E-state index in [-0.39, 0.29) is 17.0 Å². The Hall–Kier alpha value is -2.76. The van der Waals surface area contributed by atoms with Crippen LogP contribution in [0.1, 0.15) is 6.23 Å². The fraction of sp³-hybridized carbons (Fsp3) is 0.650. The van der Waals surface area contributed by atoms with Crippen molar-refractivity contribution in [2.45, 2.75) is 67.6 Å². The SMILES string of the molecule is Nc1ncnc2c1ncn2[C@@H]1O[C@@H]2COP(=O)(O)O[C@@H]3[C@H](O)[C@@H](COP(=O)(O)O[C@@H]1[C@@H]2F)O[C@H]3N1C=NC2C(=O)NC(N)NC21. The molecule has 5 aliphatic rings. The van der Waals surface area contributed by atoms with Crippen LogP contribution in [0.3, 0.4) is 0 Å². The third-order valence-electron chi connectivity index (χ3n) is 7.74. The molecule has 2 aromatic rings. The van der Waals surface area contributed by atoms with E-state index in [1.807, 2.05) is 0 Å². The molecular formula is C20H27FN10O12P2. The number of nitrogens with zero attached hydrogens (tertiary/aromatic N) is 6. The highest BCUT2D eigenvalue weighted by atomic mass is 31.2. The molecule has 13 atom stereocenters. The molecule has 0 aliphatic carbocycles. The number of aliphatic hydroxyl groups excluding tert-OH is 1. The molecule has 0 radical (unpaired) electrons. The maximum Gasteiger partial charge on any atom is 0.472 e. The Morgan fingerprint density at radius 2 is 1.71 bits per heavy atom. The predicted octanol–water partition coefficient (Wildman–Crippen LogP) is -3.25. The van der Waals surface area contributed by atoms with Crippen LogP contribution in [0.4, 0.5) is 10.2 Å². The van der Waals surface area contributed by atoms with E-state index in [1.54, 1.807) is 0 Å². The van der Waals surface area contributed by atoms with E-state index in [0.29, 0.717) is 0 Å². The molecule has 5 unspecified atom stereocenters. The van der Waals surface area contributed by atoms with Gasteiger partial charge in [-0.25, -0.2) is 28.5 Å². The Kier molecular flexibility index (Phi) is 7.68. The number of nitrogens with two attached hydrogens (primary N) is 2. The number of carbonyl (C=O) groups excluding carboxylic acids is 1. The molecule has 7 heterocycles. The molecule has 1 amide bonds. The first-order valence-electron chi connectivity index (χ1n) is 13.3. The third kappa shape index (κ3) is 5.52. The Morgan fingerprint density at radius 1 is 1.02 bits per heavy atom. The monoisotopic (exact) mass is 680 g/mol. The van der Waals surface area contributed by atoms with Gasteiger partial charge in [0.1, 0.15) is 54.8 Å². The normalized spacial score (nSPS) is 45.4. The largest absolute Gasteiger partial charge is 0.472 e. The molecule has 25 heteroatoms. The third-order valence-corrected chi connectivity index (χ3v) is 9.71. The topological polar surface area (TPSA) is 303 Å². The van der Waals surface area contributed by atoms with Crippen molar-refractivity contribution in [2.24, 2.45) is 10.7 Å². The van der Waals surface area contributed by atoms with E-state index in [2.05, 4.69) is 30.6 Å². The summed E-state index contributed by atoms with van der Waals surface area (Å²) in [6, 6.07) is -1.00. The lowest BCUT2D eigenvalue weighted by Gasteiger charge is -2.39. The zero-order valence-corrected chi connectivity index (χ0v) is 24.4. The smallest absolute Gasteiger partial charge is 0.387 e. The van der Waals surface area contributed by atoms with Gasteiger partial charge >= 0.3 is 15.6 Å². The van der Waals surface area contributed by atoms with E-state index in [1.165, 1.54) is 15.8 Å². The van der Waals surface area contributed by atoms with Crippen LogP contribution in [0.5, 0.6) is 0 Å². The van der Waals surface area contributed by atoms with Crippen LogP contribution in [0, 0.1) is 0 Å². The number of imidazole rings is 1. The molecule has 4 fully saturated rings. The summed E-state index contributed by atoms with van der Waals surface area (Å²) in [5, 5.41) is 16.4. The Bertz CT molecular complexity index is 1620. The number of phosphoric ester groups is 2. The molecule has 5 aliphatic heterocycles. The van der Waals surface area contributed by atoms with Crippen molar-refractivity contribution in [1.82, 2.24) is 35.1 Å². The van der Waals surface area contributed by atoms with Gasteiger partial charge < -0.3 is 40.3 Å². The second kappa shape index (κ2) is 11.2. The fourth-order valence-corrected chi connectivity index (χ4v) is 7.53. The molecule has 22 nitrogen and oxygen atoms in total. The minimum absolute atomic E-state index is 0.00756. The molecule has 4 saturated heterocycles. The second-order valence-corrected chi connectivity index (χ2v) is 13.4. The average molecular weight is 680 g/mol. The van der Waals surface area contributed by atoms with Crippen LogP contribution in [0.15, 0.2) is 17.6 Å². The number of amides is 1. The van der Waals surface area contributed by atoms with Crippen molar-refractivity contribution in [3.63, 3.8) is 0 Å². The van der Waals surface area contributed by atoms with Gasteiger partial charge in [0.2, 0.25) is 0 Å². The van der Waals surface area contributed by atoms with Crippen molar-refractivity contribution < 1.29 is 60.8 Å². The number of nitrogen functional groups attached to an aromatic ring is 1. The molecule has 9 N–H and O–H groups in total. The van der Waals surface area contributed by atoms with Gasteiger partial charge in [-0.3, -0.25) is 43.5 Å². The summed E-state index contributed by atoms with van der Waals surface area (Å²) in [7, 11) is -10.3. The summed E-state index contributed by atoms with van der Waals surface area (Å²) >= 11 is 0. The van der Waals surface area contributed by atoms with Crippen LogP contribution in [-0.4, -0.2) is 126 Å². The van der Waals surface area contributed by atoms with E-state index >= 15 is 4.39 Å². The lowest BCUT2D eigenvalue weighted by molar-refractivity contribution is -0.130. The van der Waals surface area contributed by atoms with Gasteiger partial charge in [0.05, 0.1) is 25.9 Å². The number of rotatable bonds is 2. The van der Waals surface area contributed by atoms with Crippen LogP contribution in [0.2, 0.25) is 0 Å². The zero-order chi connectivity index (χ0) is 31.8. The summed E-state index contributed by atoms with van der Waals surface area (Å²) in [4.78, 5) is 51.0. The Morgan fingerprint density at radius 3 is 2.47 bits per heavy atom. The number of aromatic nitrogens is 4. The van der Waals surface area contributed by atoms with E-state index in [0.717, 1.165) is 12.7 Å². The first kappa shape index (κ1) is 30.9. The van der Waals surface area contributed by atoms with Gasteiger partial charge in [-0.15, -0.1) is 0 Å². The number of phosphoric acid groups is 2. The molecule has 2 aromatic heterocycles. The fourth-order valence-electron chi connectivity index (χ4n) is 5.68. The van der Waals surface area contributed by atoms with Crippen LogP contribution >= 0.6 is 15.6 Å². The van der Waals surface area contributed by atoms with E-state index in [4.69, 9.17) is 39.0 Å². The maximum absolute atomic E-state index is 15.8. The molecule has 4 bridgehead atoms. The lowest BCUT2D eigenvalue weighted by atomic mass is 10.1. The quantitative estimate of drug-likeness (QED) is 0.153. The molecule has 0 spiro atoms. The Balaban J connectivity index is 1.18. The molecule has 0 saturated carbocycles. The highest BCUT2D eigenvalue weighted by Crippen LogP contribution is 2.53. The first-order chi connectivity index (χ1) is 21.3. The summed E-state index contributed by atoms with van der Waals surface area (Å²) in [5.41, 5.74) is 11.8. The van der Waals surface area contributed by atoms with Crippen LogP contribution in [-0.2, 0) is 41.5 Å². The number of alkyl halides is 1. The number of fused-ring (bicyclic) bond motifs is 6. The van der Waals surface area contributed by atoms with E-state index < -0.39 is 102 Å². The van der Waals surface area contributed by atoms with Crippen molar-refractivity contribution in [3.8, 4) is 0 Å². The highest BCUT2D eigenvalue weighted by molar-refractivity contribution is 7.47. The summed E-state index contributed by atoms with van der Waals surface area (Å²) in [6.45, 7) is -1.76. The maximum atomic E-state index is 15.8. The van der Waals surface area contributed by atoms with Gasteiger partial charge in [-0.05, 0) is 0 Å². The molecule has 7 rings (SSSR count). The van der Waals surface area contributed by atoms with Crippen molar-refractivity contribution >= 4 is 44.9 Å². The minimum atomic E-state index is -5.13. The standard InChI is InChI=1S/C20H27FN10O12P2/c21-8-6-1-38-45(36,37)43-13-11(32)7(41-19(13)31-5-27-10-16(31)28-20(23)29-17(10)33)2-39-44(34,35)42-12(8)18(40-6)30-4-26-9-14(22)24-3-25-15(9)30/h3-8,10-13,16,18-20,28,32H,1-2,23H2,(H,29,33)(H,34,35)(H,36,37)(H2,22,24,25)/t6-,7-,8-,10?,11-,12-,13-,16?,18-,19-,20?/m1/s1. The van der Waals surface area contributed by atoms with Crippen molar-refractivity contribution in [3.05, 3.63) is 12.7 Å². The van der Waals surface area contributed by atoms with Crippen molar-refractivity contribution in [1.29, 1.82) is 0 Å². The number of carbonyl (C=O) groups is 1. The van der Waals surface area contributed by atoms with Gasteiger partial charge in [-0.1, -0.05) is 0 Å². The Labute approximate surface area is 251 Å². The number of aliphatic hydroxyl groups is 1. The van der Waals surface area contributed by atoms with Crippen LogP contribution in [0.25, 0.3) is 11.2 Å². The molecular weight excluding hydrogens is 653 g/mol. The summed E-state index contributed by atoms with van der Waals surface area (Å²) < 4.78 is 75.4. The molecule has 45 heavy (non-hydrogen) atoms. The average Bonchev–Trinajstić information content (AvgIpc) is 3.72. The molecule has 0 aromatic carbocycles. The predicted molar refractivity (Wildman–Crippen MR) is 142 cm³/mol. The number of aliphatic imine (C=N–C) groups is 1. The number of hydrogen-bond acceptors (Lipinski definition) is 18. The van der Waals surface area contributed by atoms with Crippen LogP contribution < -0.4 is 22.1 Å². The van der Waals surface area contributed by atoms with Gasteiger partial charge in [-0.2, -0.15) is 0 Å². The zero-order valence-electron chi connectivity index (χ0n) is 22.6. The van der Waals surface area contributed by atoms with E-state index in [9.17, 15) is 28.8 Å². The van der Waals surface area contributed by atoms with Gasteiger partial charge in [0, 0.05) is 0 Å². The summed E-state index contributed by atoms with van der Waals surface area (Å²) in [6.07, 6.45) is -12.1. The number of nitrogens with one attached hydrogen (secondary N) is 2. The first-order valence-corrected chi connectivity index (χ1v) is 16.3. The number of ether oxygens (including phenoxy) is 2. The second-order valence-electron chi connectivity index (χ2n) is 10.6. The minimum Gasteiger partial charge on any atom is -0.387 e.